The van der Waals surface area contributed by atoms with Gasteiger partial charge in [-0.15, -0.1) is 0 Å². The Balaban J connectivity index is 1.31. The third-order valence-corrected chi connectivity index (χ3v) is 4.91. The topological polar surface area (TPSA) is 107 Å². The van der Waals surface area contributed by atoms with E-state index in [1.54, 1.807) is 48.3 Å². The zero-order valence-corrected chi connectivity index (χ0v) is 19.2. The highest BCUT2D eigenvalue weighted by molar-refractivity contribution is 5.89. The number of anilines is 1. The maximum absolute atomic E-state index is 12.4. The Morgan fingerprint density at radius 3 is 2.71 bits per heavy atom. The summed E-state index contributed by atoms with van der Waals surface area (Å²) in [6.07, 6.45) is 3.39. The molecule has 0 atom stereocenters. The summed E-state index contributed by atoms with van der Waals surface area (Å²) in [7, 11) is 0. The van der Waals surface area contributed by atoms with Gasteiger partial charge >= 0.3 is 12.0 Å². The fourth-order valence-electron chi connectivity index (χ4n) is 3.25. The molecule has 0 unspecified atom stereocenters. The maximum Gasteiger partial charge on any atom is 0.358 e. The van der Waals surface area contributed by atoms with Crippen molar-refractivity contribution in [2.75, 3.05) is 11.9 Å². The van der Waals surface area contributed by atoms with Gasteiger partial charge in [0, 0.05) is 24.6 Å². The quantitative estimate of drug-likeness (QED) is 0.352. The molecule has 2 aromatic heterocycles. The molecule has 2 N–H and O–H groups in total. The van der Waals surface area contributed by atoms with Crippen LogP contribution in [-0.4, -0.2) is 33.4 Å². The monoisotopic (exact) mass is 471 g/mol. The fourth-order valence-corrected chi connectivity index (χ4v) is 3.25. The van der Waals surface area contributed by atoms with Crippen LogP contribution in [0.3, 0.4) is 0 Å². The van der Waals surface area contributed by atoms with Crippen LogP contribution in [0.1, 0.15) is 28.7 Å². The van der Waals surface area contributed by atoms with Crippen LogP contribution in [0, 0.1) is 0 Å². The van der Waals surface area contributed by atoms with E-state index in [4.69, 9.17) is 9.47 Å². The number of benzene rings is 2. The summed E-state index contributed by atoms with van der Waals surface area (Å²) in [5.41, 5.74) is 3.23. The van der Waals surface area contributed by atoms with E-state index in [1.165, 1.54) is 0 Å². The molecule has 4 rings (SSSR count). The molecule has 2 heterocycles. The van der Waals surface area contributed by atoms with Crippen molar-refractivity contribution in [3.05, 3.63) is 102 Å². The zero-order valence-electron chi connectivity index (χ0n) is 19.2. The van der Waals surface area contributed by atoms with E-state index in [0.29, 0.717) is 30.3 Å². The first-order chi connectivity index (χ1) is 17.1. The van der Waals surface area contributed by atoms with Crippen LogP contribution < -0.4 is 15.4 Å². The average molecular weight is 472 g/mol. The molecule has 35 heavy (non-hydrogen) atoms. The molecule has 2 aromatic carbocycles. The van der Waals surface area contributed by atoms with Gasteiger partial charge in [0.05, 0.1) is 18.0 Å². The molecule has 0 aliphatic carbocycles. The Bertz CT molecular complexity index is 1290. The highest BCUT2D eigenvalue weighted by Crippen LogP contribution is 2.16. The fraction of sp³-hybridized carbons (Fsp3) is 0.154. The van der Waals surface area contributed by atoms with Gasteiger partial charge in [0.25, 0.3) is 0 Å². The number of esters is 1. The number of amides is 2. The lowest BCUT2D eigenvalue weighted by molar-refractivity contribution is 0.0519. The Kier molecular flexibility index (Phi) is 7.70. The lowest BCUT2D eigenvalue weighted by Crippen LogP contribution is -2.28. The van der Waals surface area contributed by atoms with Crippen molar-refractivity contribution >= 4 is 17.7 Å². The van der Waals surface area contributed by atoms with Crippen LogP contribution in [0.2, 0.25) is 0 Å². The molecule has 178 valence electrons. The van der Waals surface area contributed by atoms with E-state index in [1.807, 2.05) is 48.5 Å². The minimum Gasteiger partial charge on any atom is -0.487 e. The molecular weight excluding hydrogens is 446 g/mol. The summed E-state index contributed by atoms with van der Waals surface area (Å²) >= 11 is 0. The van der Waals surface area contributed by atoms with Gasteiger partial charge in [-0.3, -0.25) is 4.98 Å². The number of rotatable bonds is 9. The summed E-state index contributed by atoms with van der Waals surface area (Å²) in [6.45, 7) is 2.71. The summed E-state index contributed by atoms with van der Waals surface area (Å²) in [4.78, 5) is 28.5. The molecule has 0 bridgehead atoms. The van der Waals surface area contributed by atoms with Crippen molar-refractivity contribution in [3.8, 4) is 11.4 Å². The van der Waals surface area contributed by atoms with Gasteiger partial charge in [-0.2, -0.15) is 5.10 Å². The van der Waals surface area contributed by atoms with Crippen LogP contribution in [0.25, 0.3) is 5.69 Å². The highest BCUT2D eigenvalue weighted by Gasteiger charge is 2.11. The molecule has 0 spiro atoms. The van der Waals surface area contributed by atoms with Crippen LogP contribution in [-0.2, 0) is 17.9 Å². The smallest absolute Gasteiger partial charge is 0.358 e. The van der Waals surface area contributed by atoms with Gasteiger partial charge in [-0.25, -0.2) is 14.3 Å². The first kappa shape index (κ1) is 23.5. The van der Waals surface area contributed by atoms with Gasteiger partial charge in [-0.05, 0) is 61.0 Å². The van der Waals surface area contributed by atoms with E-state index >= 15 is 0 Å². The van der Waals surface area contributed by atoms with Crippen molar-refractivity contribution < 1.29 is 19.1 Å². The number of urea groups is 1. The average Bonchev–Trinajstić information content (AvgIpc) is 3.38. The third-order valence-electron chi connectivity index (χ3n) is 4.91. The van der Waals surface area contributed by atoms with Crippen molar-refractivity contribution in [2.45, 2.75) is 20.1 Å². The van der Waals surface area contributed by atoms with Crippen molar-refractivity contribution in [2.24, 2.45) is 0 Å². The van der Waals surface area contributed by atoms with Crippen molar-refractivity contribution in [1.82, 2.24) is 20.1 Å². The molecule has 9 heteroatoms. The molecule has 4 aromatic rings. The second-order valence-corrected chi connectivity index (χ2v) is 7.48. The minimum atomic E-state index is -0.480. The Morgan fingerprint density at radius 1 is 1.00 bits per heavy atom. The normalized spacial score (nSPS) is 10.4. The summed E-state index contributed by atoms with van der Waals surface area (Å²) in [5.74, 6) is 0.218. The Labute approximate surface area is 202 Å². The second-order valence-electron chi connectivity index (χ2n) is 7.48. The predicted molar refractivity (Wildman–Crippen MR) is 130 cm³/mol. The maximum atomic E-state index is 12.4. The van der Waals surface area contributed by atoms with Crippen LogP contribution >= 0.6 is 0 Å². The molecule has 2 amide bonds. The van der Waals surface area contributed by atoms with Gasteiger partial charge in [0.15, 0.2) is 5.69 Å². The van der Waals surface area contributed by atoms with E-state index in [9.17, 15) is 9.59 Å². The number of hydrogen-bond acceptors (Lipinski definition) is 6. The summed E-state index contributed by atoms with van der Waals surface area (Å²) in [5, 5.41) is 9.89. The zero-order chi connectivity index (χ0) is 24.5. The Hall–Kier alpha value is -4.66. The van der Waals surface area contributed by atoms with E-state index < -0.39 is 5.97 Å². The largest absolute Gasteiger partial charge is 0.487 e. The van der Waals surface area contributed by atoms with Crippen LogP contribution in [0.4, 0.5) is 10.5 Å². The van der Waals surface area contributed by atoms with E-state index in [-0.39, 0.29) is 18.3 Å². The number of aromatic nitrogens is 3. The number of pyridine rings is 1. The molecule has 9 nitrogen and oxygen atoms in total. The first-order valence-electron chi connectivity index (χ1n) is 11.1. The van der Waals surface area contributed by atoms with E-state index in [0.717, 1.165) is 11.3 Å². The summed E-state index contributed by atoms with van der Waals surface area (Å²) in [6, 6.07) is 21.6. The molecule has 0 radical (unpaired) electrons. The SMILES string of the molecule is CCOC(=O)c1ccn(-c2cccc(NC(=O)NCc3cccc(OCc4ccccn4)c3)c2)n1. The molecule has 0 saturated heterocycles. The summed E-state index contributed by atoms with van der Waals surface area (Å²) < 4.78 is 12.3. The second kappa shape index (κ2) is 11.5. The first-order valence-corrected chi connectivity index (χ1v) is 11.1. The number of nitrogens with zero attached hydrogens (tertiary/aromatic N) is 3. The van der Waals surface area contributed by atoms with Gasteiger partial charge in [0.1, 0.15) is 12.4 Å². The number of nitrogens with one attached hydrogen (secondary N) is 2. The third kappa shape index (κ3) is 6.67. The molecule has 0 fully saturated rings. The number of hydrogen-bond donors (Lipinski definition) is 2. The number of carbonyl (C=O) groups is 2. The van der Waals surface area contributed by atoms with Gasteiger partial charge < -0.3 is 20.1 Å². The number of carbonyl (C=O) groups excluding carboxylic acids is 2. The van der Waals surface area contributed by atoms with Crippen LogP contribution in [0.15, 0.2) is 85.2 Å². The van der Waals surface area contributed by atoms with Gasteiger partial charge in [0.2, 0.25) is 0 Å². The standard InChI is InChI=1S/C26H25N5O4/c1-2-34-25(32)24-12-14-31(30-24)22-10-6-9-20(16-22)29-26(33)28-17-19-7-5-11-23(15-19)35-18-21-8-3-4-13-27-21/h3-16H,2,17-18H2,1H3,(H2,28,29,33). The lowest BCUT2D eigenvalue weighted by Gasteiger charge is -2.11. The minimum absolute atomic E-state index is 0.217. The predicted octanol–water partition coefficient (Wildman–Crippen LogP) is 4.34. The highest BCUT2D eigenvalue weighted by atomic mass is 16.5. The van der Waals surface area contributed by atoms with Crippen LogP contribution in [0.5, 0.6) is 5.75 Å². The van der Waals surface area contributed by atoms with Gasteiger partial charge in [-0.1, -0.05) is 24.3 Å². The molecule has 0 aliphatic heterocycles. The molecule has 0 saturated carbocycles. The Morgan fingerprint density at radius 2 is 1.89 bits per heavy atom. The molecule has 0 aliphatic rings. The van der Waals surface area contributed by atoms with Crippen molar-refractivity contribution in [3.63, 3.8) is 0 Å². The number of ether oxygens (including phenoxy) is 2. The van der Waals surface area contributed by atoms with Crippen molar-refractivity contribution in [1.29, 1.82) is 0 Å². The van der Waals surface area contributed by atoms with E-state index in [2.05, 4.69) is 20.7 Å². The lowest BCUT2D eigenvalue weighted by atomic mass is 10.2. The molecular formula is C26H25N5O4.